The Labute approximate surface area is 74.1 Å². The van der Waals surface area contributed by atoms with Crippen LogP contribution in [0.2, 0.25) is 0 Å². The second-order valence-electron chi connectivity index (χ2n) is 1.64. The van der Waals surface area contributed by atoms with Gasteiger partial charge in [-0.3, -0.25) is 0 Å². The quantitative estimate of drug-likeness (QED) is 0.414. The third-order valence-corrected chi connectivity index (χ3v) is 1.66. The van der Waals surface area contributed by atoms with E-state index in [1.165, 1.54) is 11.8 Å². The van der Waals surface area contributed by atoms with Gasteiger partial charge in [0.1, 0.15) is 0 Å². The molecule has 0 atom stereocenters. The van der Waals surface area contributed by atoms with E-state index in [0.29, 0.717) is 11.0 Å². The van der Waals surface area contributed by atoms with Crippen molar-refractivity contribution >= 4 is 23.4 Å². The maximum absolute atomic E-state index is 5.34. The Bertz CT molecular complexity index is 234. The average molecular weight is 191 g/mol. The summed E-state index contributed by atoms with van der Waals surface area (Å²) in [5, 5.41) is 0.688. The number of rotatable bonds is 3. The SMILES string of the molecule is CSc1nccc(OCCl)n1. The maximum Gasteiger partial charge on any atom is 0.218 e. The van der Waals surface area contributed by atoms with Gasteiger partial charge in [-0.15, -0.1) is 0 Å². The number of ether oxygens (including phenoxy) is 1. The molecule has 1 aromatic heterocycles. The molecule has 0 unspecified atom stereocenters. The van der Waals surface area contributed by atoms with Gasteiger partial charge in [-0.1, -0.05) is 23.4 Å². The highest BCUT2D eigenvalue weighted by molar-refractivity contribution is 7.98. The second-order valence-corrected chi connectivity index (χ2v) is 2.63. The number of alkyl halides is 1. The van der Waals surface area contributed by atoms with Crippen molar-refractivity contribution in [2.75, 3.05) is 12.3 Å². The summed E-state index contributed by atoms with van der Waals surface area (Å²) in [6.07, 6.45) is 3.54. The molecule has 0 aromatic carbocycles. The van der Waals surface area contributed by atoms with Crippen LogP contribution in [0.4, 0.5) is 0 Å². The number of thioether (sulfide) groups is 1. The second kappa shape index (κ2) is 4.41. The molecule has 0 aliphatic carbocycles. The van der Waals surface area contributed by atoms with Crippen LogP contribution in [0.3, 0.4) is 0 Å². The van der Waals surface area contributed by atoms with Crippen LogP contribution in [-0.2, 0) is 0 Å². The zero-order valence-electron chi connectivity index (χ0n) is 5.95. The van der Waals surface area contributed by atoms with Crippen LogP contribution in [0.1, 0.15) is 0 Å². The minimum absolute atomic E-state index is 0.116. The lowest BCUT2D eigenvalue weighted by molar-refractivity contribution is 0.367. The number of hydrogen-bond donors (Lipinski definition) is 0. The predicted molar refractivity (Wildman–Crippen MR) is 45.2 cm³/mol. The van der Waals surface area contributed by atoms with Gasteiger partial charge in [-0.25, -0.2) is 4.98 Å². The lowest BCUT2D eigenvalue weighted by Crippen LogP contribution is -1.93. The van der Waals surface area contributed by atoms with Crippen molar-refractivity contribution in [3.63, 3.8) is 0 Å². The zero-order valence-corrected chi connectivity index (χ0v) is 7.52. The number of nitrogens with zero attached hydrogens (tertiary/aromatic N) is 2. The molecule has 60 valence electrons. The van der Waals surface area contributed by atoms with Crippen LogP contribution in [0.15, 0.2) is 17.4 Å². The van der Waals surface area contributed by atoms with E-state index >= 15 is 0 Å². The molecule has 1 aromatic rings. The van der Waals surface area contributed by atoms with Gasteiger partial charge in [0.15, 0.2) is 11.2 Å². The van der Waals surface area contributed by atoms with Crippen molar-refractivity contribution in [2.45, 2.75) is 5.16 Å². The van der Waals surface area contributed by atoms with Crippen molar-refractivity contribution in [1.82, 2.24) is 9.97 Å². The molecular weight excluding hydrogens is 184 g/mol. The van der Waals surface area contributed by atoms with Crippen LogP contribution < -0.4 is 4.74 Å². The average Bonchev–Trinajstić information content (AvgIpc) is 2.06. The van der Waals surface area contributed by atoms with E-state index in [1.54, 1.807) is 12.3 Å². The van der Waals surface area contributed by atoms with Gasteiger partial charge in [0.25, 0.3) is 0 Å². The minimum Gasteiger partial charge on any atom is -0.461 e. The summed E-state index contributed by atoms with van der Waals surface area (Å²) >= 11 is 6.81. The van der Waals surface area contributed by atoms with Gasteiger partial charge in [0, 0.05) is 12.3 Å². The third kappa shape index (κ3) is 2.55. The zero-order chi connectivity index (χ0) is 8.10. The van der Waals surface area contributed by atoms with Crippen molar-refractivity contribution in [3.05, 3.63) is 12.3 Å². The molecule has 0 N–H and O–H groups in total. The monoisotopic (exact) mass is 190 g/mol. The minimum atomic E-state index is 0.116. The molecule has 5 heteroatoms. The molecule has 0 fully saturated rings. The molecule has 0 saturated carbocycles. The van der Waals surface area contributed by atoms with E-state index in [4.69, 9.17) is 16.3 Å². The fraction of sp³-hybridized carbons (Fsp3) is 0.333. The molecule has 0 amide bonds. The summed E-state index contributed by atoms with van der Waals surface area (Å²) in [5.74, 6) is 0.513. The van der Waals surface area contributed by atoms with Gasteiger partial charge in [-0.2, -0.15) is 4.98 Å². The largest absolute Gasteiger partial charge is 0.461 e. The summed E-state index contributed by atoms with van der Waals surface area (Å²) in [6, 6.07) is 1.78. The fourth-order valence-corrected chi connectivity index (χ4v) is 1.02. The van der Waals surface area contributed by atoms with Gasteiger partial charge in [-0.05, 0) is 6.26 Å². The van der Waals surface area contributed by atoms with Gasteiger partial charge >= 0.3 is 0 Å². The van der Waals surface area contributed by atoms with Crippen LogP contribution >= 0.6 is 23.4 Å². The highest BCUT2D eigenvalue weighted by Gasteiger charge is 1.96. The number of hydrogen-bond acceptors (Lipinski definition) is 4. The molecule has 0 aliphatic heterocycles. The third-order valence-electron chi connectivity index (χ3n) is 0.993. The molecule has 1 rings (SSSR count). The normalized spacial score (nSPS) is 9.64. The molecule has 11 heavy (non-hydrogen) atoms. The standard InChI is InChI=1S/C6H7ClN2OS/c1-11-6-8-3-2-5(9-6)10-4-7/h2-3H,4H2,1H3. The van der Waals surface area contributed by atoms with Crippen LogP contribution in [0.5, 0.6) is 5.88 Å². The van der Waals surface area contributed by atoms with Crippen molar-refractivity contribution in [2.24, 2.45) is 0 Å². The summed E-state index contributed by atoms with van der Waals surface area (Å²) in [4.78, 5) is 8.00. The lowest BCUT2D eigenvalue weighted by atomic mass is 10.6. The Morgan fingerprint density at radius 1 is 1.73 bits per heavy atom. The van der Waals surface area contributed by atoms with E-state index in [-0.39, 0.29) is 6.07 Å². The smallest absolute Gasteiger partial charge is 0.218 e. The molecule has 1 heterocycles. The molecule has 0 aliphatic rings. The Kier molecular flexibility index (Phi) is 3.45. The Morgan fingerprint density at radius 2 is 2.55 bits per heavy atom. The molecule has 0 radical (unpaired) electrons. The summed E-state index contributed by atoms with van der Waals surface area (Å²) in [7, 11) is 0. The Hall–Kier alpha value is -0.480. The first kappa shape index (κ1) is 8.62. The number of halogens is 1. The summed E-state index contributed by atoms with van der Waals surface area (Å²) < 4.78 is 4.95. The Morgan fingerprint density at radius 3 is 3.18 bits per heavy atom. The maximum atomic E-state index is 5.34. The van der Waals surface area contributed by atoms with E-state index in [0.717, 1.165) is 0 Å². The van der Waals surface area contributed by atoms with Crippen molar-refractivity contribution in [1.29, 1.82) is 0 Å². The molecule has 0 saturated heterocycles. The summed E-state index contributed by atoms with van der Waals surface area (Å²) in [5.41, 5.74) is 0. The van der Waals surface area contributed by atoms with Gasteiger partial charge < -0.3 is 4.74 Å². The lowest BCUT2D eigenvalue weighted by Gasteiger charge is -1.99. The first-order chi connectivity index (χ1) is 5.36. The van der Waals surface area contributed by atoms with E-state index in [1.807, 2.05) is 6.26 Å². The highest BCUT2D eigenvalue weighted by atomic mass is 35.5. The first-order valence-corrected chi connectivity index (χ1v) is 4.68. The molecular formula is C6H7ClN2OS. The molecule has 3 nitrogen and oxygen atoms in total. The van der Waals surface area contributed by atoms with Crippen molar-refractivity contribution < 1.29 is 4.74 Å². The molecule has 0 spiro atoms. The van der Waals surface area contributed by atoms with Crippen LogP contribution in [0.25, 0.3) is 0 Å². The van der Waals surface area contributed by atoms with E-state index < -0.39 is 0 Å². The van der Waals surface area contributed by atoms with Crippen molar-refractivity contribution in [3.8, 4) is 5.88 Å². The van der Waals surface area contributed by atoms with Crippen LogP contribution in [0, 0.1) is 0 Å². The van der Waals surface area contributed by atoms with E-state index in [2.05, 4.69) is 9.97 Å². The van der Waals surface area contributed by atoms with Gasteiger partial charge in [0.05, 0.1) is 0 Å². The predicted octanol–water partition coefficient (Wildman–Crippen LogP) is 1.77. The number of aromatic nitrogens is 2. The fourth-order valence-electron chi connectivity index (χ4n) is 0.560. The summed E-state index contributed by atoms with van der Waals surface area (Å²) in [6.45, 7) is 0. The van der Waals surface area contributed by atoms with E-state index in [9.17, 15) is 0 Å². The molecule has 0 bridgehead atoms. The van der Waals surface area contributed by atoms with Gasteiger partial charge in [0.2, 0.25) is 5.88 Å². The highest BCUT2D eigenvalue weighted by Crippen LogP contribution is 2.12. The van der Waals surface area contributed by atoms with Crippen LogP contribution in [-0.4, -0.2) is 22.3 Å². The Balaban J connectivity index is 2.74. The first-order valence-electron chi connectivity index (χ1n) is 2.92. The topological polar surface area (TPSA) is 35.0 Å².